The van der Waals surface area contributed by atoms with Gasteiger partial charge in [0.25, 0.3) is 0 Å². The lowest BCUT2D eigenvalue weighted by Gasteiger charge is -2.31. The first-order chi connectivity index (χ1) is 7.05. The zero-order chi connectivity index (χ0) is 11.9. The Bertz CT molecular complexity index is 204. The smallest absolute Gasteiger partial charge is 0.237 e. The summed E-state index contributed by atoms with van der Waals surface area (Å²) in [6, 6.07) is -0.577. The van der Waals surface area contributed by atoms with Gasteiger partial charge in [0.1, 0.15) is 0 Å². The fraction of sp³-hybridized carbons (Fsp3) is 0.727. The van der Waals surface area contributed by atoms with Crippen LogP contribution in [0.25, 0.3) is 0 Å². The minimum absolute atomic E-state index is 0.0629. The van der Waals surface area contributed by atoms with Crippen LogP contribution in [0, 0.1) is 0 Å². The number of amides is 1. The molecule has 0 heterocycles. The second kappa shape index (κ2) is 6.58. The van der Waals surface area contributed by atoms with Crippen molar-refractivity contribution in [2.24, 2.45) is 5.73 Å². The van der Waals surface area contributed by atoms with Crippen LogP contribution in [0.1, 0.15) is 33.1 Å². The third-order valence-corrected chi connectivity index (χ3v) is 2.80. The summed E-state index contributed by atoms with van der Waals surface area (Å²) in [4.78, 5) is 11.6. The number of nitrogens with two attached hydrogens (primary N) is 1. The van der Waals surface area contributed by atoms with E-state index in [0.717, 1.165) is 0 Å². The molecular formula is C11H22N2O2. The van der Waals surface area contributed by atoms with Gasteiger partial charge >= 0.3 is 0 Å². The summed E-state index contributed by atoms with van der Waals surface area (Å²) in [5, 5.41) is 12.1. The van der Waals surface area contributed by atoms with Crippen LogP contribution in [0.5, 0.6) is 0 Å². The Hall–Kier alpha value is -0.870. The van der Waals surface area contributed by atoms with Crippen molar-refractivity contribution in [1.82, 2.24) is 5.32 Å². The van der Waals surface area contributed by atoms with E-state index in [-0.39, 0.29) is 12.5 Å². The van der Waals surface area contributed by atoms with Crippen LogP contribution in [-0.4, -0.2) is 29.2 Å². The maximum absolute atomic E-state index is 11.6. The van der Waals surface area contributed by atoms with Gasteiger partial charge in [-0.2, -0.15) is 0 Å². The fourth-order valence-electron chi connectivity index (χ4n) is 1.33. The highest BCUT2D eigenvalue weighted by Gasteiger charge is 2.28. The molecule has 0 aliphatic rings. The molecule has 0 saturated carbocycles. The number of nitrogens with one attached hydrogen (secondary N) is 1. The lowest BCUT2D eigenvalue weighted by Crippen LogP contribution is -2.55. The van der Waals surface area contributed by atoms with Gasteiger partial charge in [0, 0.05) is 0 Å². The van der Waals surface area contributed by atoms with E-state index in [0.29, 0.717) is 19.3 Å². The molecule has 0 spiro atoms. The summed E-state index contributed by atoms with van der Waals surface area (Å²) in [5.74, 6) is -0.229. The number of hydrogen-bond donors (Lipinski definition) is 3. The van der Waals surface area contributed by atoms with Gasteiger partial charge in [-0.25, -0.2) is 0 Å². The van der Waals surface area contributed by atoms with Crippen molar-refractivity contribution in [2.75, 3.05) is 6.61 Å². The Labute approximate surface area is 91.5 Å². The summed E-state index contributed by atoms with van der Waals surface area (Å²) in [5.41, 5.74) is 5.10. The highest BCUT2D eigenvalue weighted by Crippen LogP contribution is 2.14. The van der Waals surface area contributed by atoms with Crippen molar-refractivity contribution in [3.05, 3.63) is 12.7 Å². The van der Waals surface area contributed by atoms with Crippen LogP contribution >= 0.6 is 0 Å². The molecular weight excluding hydrogens is 192 g/mol. The van der Waals surface area contributed by atoms with Crippen molar-refractivity contribution in [3.63, 3.8) is 0 Å². The van der Waals surface area contributed by atoms with E-state index < -0.39 is 11.6 Å². The molecule has 0 bridgehead atoms. The summed E-state index contributed by atoms with van der Waals surface area (Å²) in [6.07, 6.45) is 3.43. The second-order valence-corrected chi connectivity index (χ2v) is 3.77. The average molecular weight is 214 g/mol. The Morgan fingerprint density at radius 2 is 2.13 bits per heavy atom. The first-order valence-corrected chi connectivity index (χ1v) is 5.34. The van der Waals surface area contributed by atoms with Gasteiger partial charge in [-0.1, -0.05) is 19.9 Å². The Morgan fingerprint density at radius 3 is 2.47 bits per heavy atom. The quantitative estimate of drug-likeness (QED) is 0.542. The summed E-state index contributed by atoms with van der Waals surface area (Å²) in [7, 11) is 0. The SMILES string of the molecule is C=CCC(N)C(=O)NC(CC)(CC)CO. The number of carbonyl (C=O) groups excluding carboxylic acids is 1. The molecule has 1 unspecified atom stereocenters. The van der Waals surface area contributed by atoms with Gasteiger partial charge in [0.05, 0.1) is 18.2 Å². The minimum Gasteiger partial charge on any atom is -0.394 e. The van der Waals surface area contributed by atoms with Crippen LogP contribution in [0.4, 0.5) is 0 Å². The summed E-state index contributed by atoms with van der Waals surface area (Å²) >= 11 is 0. The molecule has 0 saturated heterocycles. The molecule has 0 fully saturated rings. The van der Waals surface area contributed by atoms with Gasteiger partial charge in [-0.05, 0) is 19.3 Å². The van der Waals surface area contributed by atoms with Crippen molar-refractivity contribution < 1.29 is 9.90 Å². The molecule has 0 aliphatic carbocycles. The third-order valence-electron chi connectivity index (χ3n) is 2.80. The number of rotatable bonds is 7. The predicted octanol–water partition coefficient (Wildman–Crippen LogP) is 0.557. The van der Waals surface area contributed by atoms with Crippen molar-refractivity contribution in [1.29, 1.82) is 0 Å². The van der Waals surface area contributed by atoms with Gasteiger partial charge in [0.15, 0.2) is 0 Å². The van der Waals surface area contributed by atoms with E-state index in [9.17, 15) is 9.90 Å². The van der Waals surface area contributed by atoms with E-state index in [1.807, 2.05) is 13.8 Å². The van der Waals surface area contributed by atoms with Crippen molar-refractivity contribution >= 4 is 5.91 Å². The van der Waals surface area contributed by atoms with Gasteiger partial charge < -0.3 is 16.2 Å². The maximum Gasteiger partial charge on any atom is 0.237 e. The van der Waals surface area contributed by atoms with E-state index in [4.69, 9.17) is 5.73 Å². The molecule has 0 aliphatic heterocycles. The van der Waals surface area contributed by atoms with Crippen LogP contribution < -0.4 is 11.1 Å². The molecule has 15 heavy (non-hydrogen) atoms. The van der Waals surface area contributed by atoms with E-state index in [2.05, 4.69) is 11.9 Å². The summed E-state index contributed by atoms with van der Waals surface area (Å²) in [6.45, 7) is 7.33. The highest BCUT2D eigenvalue weighted by molar-refractivity contribution is 5.82. The predicted molar refractivity (Wildman–Crippen MR) is 61.3 cm³/mol. The Morgan fingerprint density at radius 1 is 1.60 bits per heavy atom. The number of aliphatic hydroxyl groups excluding tert-OH is 1. The second-order valence-electron chi connectivity index (χ2n) is 3.77. The molecule has 4 N–H and O–H groups in total. The van der Waals surface area contributed by atoms with Gasteiger partial charge in [-0.3, -0.25) is 4.79 Å². The molecule has 0 radical (unpaired) electrons. The first kappa shape index (κ1) is 14.1. The molecule has 4 heteroatoms. The van der Waals surface area contributed by atoms with E-state index in [1.165, 1.54) is 0 Å². The Kier molecular flexibility index (Phi) is 6.20. The van der Waals surface area contributed by atoms with Crippen molar-refractivity contribution in [3.8, 4) is 0 Å². The van der Waals surface area contributed by atoms with E-state index in [1.54, 1.807) is 6.08 Å². The van der Waals surface area contributed by atoms with E-state index >= 15 is 0 Å². The topological polar surface area (TPSA) is 75.4 Å². The lowest BCUT2D eigenvalue weighted by atomic mass is 9.93. The zero-order valence-corrected chi connectivity index (χ0v) is 9.62. The maximum atomic E-state index is 11.6. The zero-order valence-electron chi connectivity index (χ0n) is 9.62. The largest absolute Gasteiger partial charge is 0.394 e. The van der Waals surface area contributed by atoms with Crippen molar-refractivity contribution in [2.45, 2.75) is 44.7 Å². The number of carbonyl (C=O) groups is 1. The van der Waals surface area contributed by atoms with Crippen LogP contribution in [0.2, 0.25) is 0 Å². The molecule has 0 aromatic heterocycles. The molecule has 0 aromatic carbocycles. The molecule has 0 aromatic rings. The van der Waals surface area contributed by atoms with Gasteiger partial charge in [0.2, 0.25) is 5.91 Å². The average Bonchev–Trinajstić information content (AvgIpc) is 2.26. The number of aliphatic hydroxyl groups is 1. The monoisotopic (exact) mass is 214 g/mol. The van der Waals surface area contributed by atoms with Gasteiger partial charge in [-0.15, -0.1) is 6.58 Å². The minimum atomic E-state index is -0.577. The van der Waals surface area contributed by atoms with Crippen LogP contribution in [0.15, 0.2) is 12.7 Å². The molecule has 4 nitrogen and oxygen atoms in total. The number of hydrogen-bond acceptors (Lipinski definition) is 3. The van der Waals surface area contributed by atoms with Crippen LogP contribution in [0.3, 0.4) is 0 Å². The first-order valence-electron chi connectivity index (χ1n) is 5.34. The summed E-state index contributed by atoms with van der Waals surface area (Å²) < 4.78 is 0. The Balaban J connectivity index is 4.40. The molecule has 1 amide bonds. The standard InChI is InChI=1S/C11H22N2O2/c1-4-7-9(12)10(15)13-11(5-2,6-3)8-14/h4,9,14H,1,5-8,12H2,2-3H3,(H,13,15). The normalized spacial score (nSPS) is 13.3. The molecule has 0 rings (SSSR count). The van der Waals surface area contributed by atoms with Crippen LogP contribution in [-0.2, 0) is 4.79 Å². The molecule has 88 valence electrons. The fourth-order valence-corrected chi connectivity index (χ4v) is 1.33. The third kappa shape index (κ3) is 4.01. The molecule has 1 atom stereocenters. The highest BCUT2D eigenvalue weighted by atomic mass is 16.3. The lowest BCUT2D eigenvalue weighted by molar-refractivity contribution is -0.125.